The molecule has 1 aliphatic heterocycles. The van der Waals surface area contributed by atoms with Gasteiger partial charge in [-0.2, -0.15) is 19.1 Å². The first-order chi connectivity index (χ1) is 17.4. The molecule has 5 rings (SSSR count). The van der Waals surface area contributed by atoms with Crippen LogP contribution in [0.2, 0.25) is 0 Å². The van der Waals surface area contributed by atoms with Crippen molar-refractivity contribution in [3.63, 3.8) is 0 Å². The van der Waals surface area contributed by atoms with Crippen LogP contribution >= 0.6 is 0 Å². The van der Waals surface area contributed by atoms with Crippen LogP contribution in [-0.4, -0.2) is 51.0 Å². The summed E-state index contributed by atoms with van der Waals surface area (Å²) in [5.74, 6) is -0.995. The maximum absolute atomic E-state index is 13.5. The molecule has 2 atom stereocenters. The smallest absolute Gasteiger partial charge is 0.387 e. The molecule has 2 aliphatic rings. The number of nitriles is 1. The average molecular weight is 498 g/mol. The van der Waals surface area contributed by atoms with Crippen molar-refractivity contribution in [3.05, 3.63) is 53.9 Å². The van der Waals surface area contributed by atoms with Gasteiger partial charge < -0.3 is 14.8 Å². The highest BCUT2D eigenvalue weighted by Gasteiger charge is 2.40. The molecule has 0 spiro atoms. The number of nitrogens with zero attached hydrogens (tertiary/aromatic N) is 5. The van der Waals surface area contributed by atoms with Crippen LogP contribution < -0.4 is 10.1 Å². The Morgan fingerprint density at radius 1 is 1.33 bits per heavy atom. The fourth-order valence-corrected chi connectivity index (χ4v) is 4.58. The monoisotopic (exact) mass is 498 g/mol. The molecule has 4 heterocycles. The van der Waals surface area contributed by atoms with Gasteiger partial charge in [0.1, 0.15) is 11.6 Å². The molecule has 1 amide bonds. The summed E-state index contributed by atoms with van der Waals surface area (Å²) < 4.78 is 50.3. The lowest BCUT2D eigenvalue weighted by Gasteiger charge is -2.27. The zero-order valence-electron chi connectivity index (χ0n) is 19.0. The summed E-state index contributed by atoms with van der Waals surface area (Å²) in [6, 6.07) is 6.29. The number of pyridine rings is 2. The molecule has 1 fully saturated rings. The van der Waals surface area contributed by atoms with Crippen molar-refractivity contribution >= 4 is 5.91 Å². The van der Waals surface area contributed by atoms with Crippen LogP contribution in [0.25, 0.3) is 17.1 Å². The first-order valence-corrected chi connectivity index (χ1v) is 11.3. The molecule has 36 heavy (non-hydrogen) atoms. The Morgan fingerprint density at radius 3 is 2.89 bits per heavy atom. The van der Waals surface area contributed by atoms with E-state index >= 15 is 0 Å². The van der Waals surface area contributed by atoms with E-state index in [-0.39, 0.29) is 24.7 Å². The number of alkyl halides is 2. The number of hydrogen-bond acceptors (Lipinski definition) is 7. The van der Waals surface area contributed by atoms with Crippen LogP contribution in [-0.2, 0) is 22.4 Å². The molecule has 3 aromatic heterocycles. The van der Waals surface area contributed by atoms with Gasteiger partial charge in [0.2, 0.25) is 5.91 Å². The van der Waals surface area contributed by atoms with Crippen molar-refractivity contribution in [2.75, 3.05) is 13.2 Å². The summed E-state index contributed by atoms with van der Waals surface area (Å²) in [5, 5.41) is 17.1. The van der Waals surface area contributed by atoms with E-state index in [1.165, 1.54) is 35.3 Å². The number of halogens is 3. The standard InChI is InChI=1S/C24H21F3N6O3/c25-16-2-4-20(30-10-16)33-19-8-14(22(34)31-24(12-28)5-6-35-13-24)1-3-18(19)21(32-33)15-7-17(11-29-9-15)36-23(26)27/h2,4,7,9-11,14,23H,1,3,5-6,8,13H2,(H,31,34)/t14-,24+/m1/s1. The highest BCUT2D eigenvalue weighted by Crippen LogP contribution is 2.36. The van der Waals surface area contributed by atoms with Crippen molar-refractivity contribution in [3.8, 4) is 28.9 Å². The van der Waals surface area contributed by atoms with Crippen molar-refractivity contribution < 1.29 is 27.4 Å². The van der Waals surface area contributed by atoms with Gasteiger partial charge in [-0.1, -0.05) is 0 Å². The van der Waals surface area contributed by atoms with E-state index in [9.17, 15) is 23.2 Å². The van der Waals surface area contributed by atoms with Gasteiger partial charge in [-0.05, 0) is 31.0 Å². The van der Waals surface area contributed by atoms with Gasteiger partial charge in [0, 0.05) is 36.1 Å². The zero-order valence-corrected chi connectivity index (χ0v) is 19.0. The molecule has 12 heteroatoms. The Labute approximate surface area is 203 Å². The van der Waals surface area contributed by atoms with Gasteiger partial charge in [0.25, 0.3) is 0 Å². The van der Waals surface area contributed by atoms with Crippen LogP contribution in [0.15, 0.2) is 36.8 Å². The number of rotatable bonds is 6. The SMILES string of the molecule is N#C[C@@]1(NC(=O)[C@@H]2CCc3c(-c4cncc(OC(F)F)c4)nn(-c4ccc(F)cn4)c3C2)CCOC1. The molecule has 9 nitrogen and oxygen atoms in total. The zero-order chi connectivity index (χ0) is 25.3. The normalized spacial score (nSPS) is 21.1. The summed E-state index contributed by atoms with van der Waals surface area (Å²) in [4.78, 5) is 21.3. The van der Waals surface area contributed by atoms with Gasteiger partial charge in [0.15, 0.2) is 11.4 Å². The van der Waals surface area contributed by atoms with Gasteiger partial charge in [0.05, 0.1) is 43.1 Å². The minimum Gasteiger partial charge on any atom is -0.433 e. The van der Waals surface area contributed by atoms with Crippen molar-refractivity contribution in [1.82, 2.24) is 25.1 Å². The number of carbonyl (C=O) groups excluding carboxylic acids is 1. The molecule has 186 valence electrons. The number of ether oxygens (including phenoxy) is 2. The number of aromatic nitrogens is 4. The molecule has 3 aromatic rings. The first-order valence-electron chi connectivity index (χ1n) is 11.3. The molecular formula is C24H21F3N6O3. The van der Waals surface area contributed by atoms with Gasteiger partial charge in [-0.3, -0.25) is 9.78 Å². The molecule has 0 saturated carbocycles. The quantitative estimate of drug-likeness (QED) is 0.556. The minimum atomic E-state index is -3.00. The fourth-order valence-electron chi connectivity index (χ4n) is 4.58. The number of nitrogens with one attached hydrogen (secondary N) is 1. The van der Waals surface area contributed by atoms with Crippen LogP contribution in [0, 0.1) is 23.1 Å². The summed E-state index contributed by atoms with van der Waals surface area (Å²) >= 11 is 0. The Kier molecular flexibility index (Phi) is 6.32. The topological polar surface area (TPSA) is 115 Å². The van der Waals surface area contributed by atoms with Gasteiger partial charge in [-0.25, -0.2) is 14.1 Å². The molecule has 0 aromatic carbocycles. The highest BCUT2D eigenvalue weighted by atomic mass is 19.3. The van der Waals surface area contributed by atoms with E-state index in [0.717, 1.165) is 11.8 Å². The van der Waals surface area contributed by atoms with Gasteiger partial charge in [-0.15, -0.1) is 0 Å². The molecule has 0 radical (unpaired) electrons. The molecular weight excluding hydrogens is 477 g/mol. The summed E-state index contributed by atoms with van der Waals surface area (Å²) in [6.45, 7) is -2.46. The lowest BCUT2D eigenvalue weighted by atomic mass is 9.84. The maximum Gasteiger partial charge on any atom is 0.387 e. The number of amides is 1. The molecule has 1 saturated heterocycles. The molecule has 0 bridgehead atoms. The van der Waals surface area contributed by atoms with Crippen molar-refractivity contribution in [2.45, 2.75) is 37.8 Å². The first kappa shape index (κ1) is 23.7. The van der Waals surface area contributed by atoms with Crippen LogP contribution in [0.4, 0.5) is 13.2 Å². The largest absolute Gasteiger partial charge is 0.433 e. The van der Waals surface area contributed by atoms with E-state index < -0.39 is 23.9 Å². The van der Waals surface area contributed by atoms with E-state index in [0.29, 0.717) is 48.6 Å². The Morgan fingerprint density at radius 2 is 2.19 bits per heavy atom. The Balaban J connectivity index is 1.51. The second kappa shape index (κ2) is 9.58. The fraction of sp³-hybridized carbons (Fsp3) is 0.375. The summed E-state index contributed by atoms with van der Waals surface area (Å²) in [5.41, 5.74) is 1.39. The number of fused-ring (bicyclic) bond motifs is 1. The average Bonchev–Trinajstić information content (AvgIpc) is 3.49. The lowest BCUT2D eigenvalue weighted by Crippen LogP contribution is -2.50. The third kappa shape index (κ3) is 4.61. The third-order valence-electron chi connectivity index (χ3n) is 6.38. The van der Waals surface area contributed by atoms with Crippen molar-refractivity contribution in [1.29, 1.82) is 5.26 Å². The van der Waals surface area contributed by atoms with Gasteiger partial charge >= 0.3 is 6.61 Å². The maximum atomic E-state index is 13.5. The van der Waals surface area contributed by atoms with Crippen molar-refractivity contribution in [2.24, 2.45) is 5.92 Å². The van der Waals surface area contributed by atoms with Crippen LogP contribution in [0.1, 0.15) is 24.1 Å². The van der Waals surface area contributed by atoms with E-state index in [1.807, 2.05) is 0 Å². The molecule has 0 unspecified atom stereocenters. The number of hydrogen-bond donors (Lipinski definition) is 1. The second-order valence-corrected chi connectivity index (χ2v) is 8.73. The lowest BCUT2D eigenvalue weighted by molar-refractivity contribution is -0.126. The highest BCUT2D eigenvalue weighted by molar-refractivity contribution is 5.81. The van der Waals surface area contributed by atoms with Crippen LogP contribution in [0.3, 0.4) is 0 Å². The summed E-state index contributed by atoms with van der Waals surface area (Å²) in [7, 11) is 0. The van der Waals surface area contributed by atoms with E-state index in [1.54, 1.807) is 0 Å². The Bertz CT molecular complexity index is 1320. The molecule has 1 N–H and O–H groups in total. The second-order valence-electron chi connectivity index (χ2n) is 8.73. The predicted molar refractivity (Wildman–Crippen MR) is 119 cm³/mol. The summed E-state index contributed by atoms with van der Waals surface area (Å²) in [6.07, 6.45) is 5.37. The van der Waals surface area contributed by atoms with E-state index in [2.05, 4.69) is 31.2 Å². The Hall–Kier alpha value is -3.98. The minimum absolute atomic E-state index is 0.112. The molecule has 1 aliphatic carbocycles. The predicted octanol–water partition coefficient (Wildman–Crippen LogP) is 2.97. The third-order valence-corrected chi connectivity index (χ3v) is 6.38. The van der Waals surface area contributed by atoms with E-state index in [4.69, 9.17) is 4.74 Å². The number of carbonyl (C=O) groups is 1. The van der Waals surface area contributed by atoms with Crippen LogP contribution in [0.5, 0.6) is 5.75 Å².